The van der Waals surface area contributed by atoms with Gasteiger partial charge in [-0.3, -0.25) is 4.90 Å². The van der Waals surface area contributed by atoms with E-state index in [0.717, 1.165) is 30.0 Å². The van der Waals surface area contributed by atoms with Crippen LogP contribution in [0.5, 0.6) is 0 Å². The van der Waals surface area contributed by atoms with E-state index in [9.17, 15) is 0 Å². The summed E-state index contributed by atoms with van der Waals surface area (Å²) >= 11 is 0. The Morgan fingerprint density at radius 1 is 1.00 bits per heavy atom. The predicted octanol–water partition coefficient (Wildman–Crippen LogP) is 2.25. The van der Waals surface area contributed by atoms with Gasteiger partial charge in [0.15, 0.2) is 0 Å². The lowest BCUT2D eigenvalue weighted by atomic mass is 10.0. The molecule has 0 bridgehead atoms. The fourth-order valence-electron chi connectivity index (χ4n) is 3.62. The lowest BCUT2D eigenvalue weighted by molar-refractivity contribution is 0.310. The third kappa shape index (κ3) is 2.28. The van der Waals surface area contributed by atoms with E-state index in [4.69, 9.17) is 0 Å². The second kappa shape index (κ2) is 4.30. The van der Waals surface area contributed by atoms with Gasteiger partial charge in [-0.2, -0.15) is 0 Å². The number of nitrogens with zero attached hydrogens (tertiary/aromatic N) is 1. The topological polar surface area (TPSA) is 15.3 Å². The van der Waals surface area contributed by atoms with E-state index >= 15 is 0 Å². The molecule has 0 radical (unpaired) electrons. The zero-order valence-electron chi connectivity index (χ0n) is 10.8. The standard InChI is InChI=1S/C14H26N2/c1-10-3-4-12(7-10)15-14-9-16(8-11(14)2)13-5-6-13/h10-15H,3-9H2,1-2H3. The lowest BCUT2D eigenvalue weighted by Gasteiger charge is -2.22. The van der Waals surface area contributed by atoms with Gasteiger partial charge < -0.3 is 5.32 Å². The van der Waals surface area contributed by atoms with Crippen LogP contribution in [-0.2, 0) is 0 Å². The van der Waals surface area contributed by atoms with Gasteiger partial charge in [0, 0.05) is 31.2 Å². The van der Waals surface area contributed by atoms with Crippen LogP contribution in [0, 0.1) is 11.8 Å². The monoisotopic (exact) mass is 222 g/mol. The SMILES string of the molecule is CC1CCC(NC2CN(C3CC3)CC2C)C1. The van der Waals surface area contributed by atoms with Crippen LogP contribution in [0.3, 0.4) is 0 Å². The molecule has 3 aliphatic rings. The number of likely N-dealkylation sites (tertiary alicyclic amines) is 1. The molecule has 4 unspecified atom stereocenters. The van der Waals surface area contributed by atoms with Gasteiger partial charge in [-0.1, -0.05) is 13.8 Å². The Kier molecular flexibility index (Phi) is 2.97. The van der Waals surface area contributed by atoms with Crippen LogP contribution in [0.25, 0.3) is 0 Å². The average molecular weight is 222 g/mol. The minimum absolute atomic E-state index is 0.774. The van der Waals surface area contributed by atoms with Crippen LogP contribution in [0.2, 0.25) is 0 Å². The normalized spacial score (nSPS) is 45.4. The summed E-state index contributed by atoms with van der Waals surface area (Å²) in [5.74, 6) is 1.81. The van der Waals surface area contributed by atoms with E-state index in [1.807, 2.05) is 0 Å². The first-order valence-corrected chi connectivity index (χ1v) is 7.22. The van der Waals surface area contributed by atoms with Gasteiger partial charge in [-0.25, -0.2) is 0 Å². The quantitative estimate of drug-likeness (QED) is 0.788. The Balaban J connectivity index is 1.50. The molecule has 0 aromatic heterocycles. The van der Waals surface area contributed by atoms with Crippen LogP contribution < -0.4 is 5.32 Å². The summed E-state index contributed by atoms with van der Waals surface area (Å²) in [4.78, 5) is 2.72. The minimum atomic E-state index is 0.774. The van der Waals surface area contributed by atoms with Gasteiger partial charge in [-0.15, -0.1) is 0 Å². The van der Waals surface area contributed by atoms with Crippen molar-refractivity contribution in [2.75, 3.05) is 13.1 Å². The summed E-state index contributed by atoms with van der Waals surface area (Å²) in [5, 5.41) is 3.93. The van der Waals surface area contributed by atoms with Crippen LogP contribution in [-0.4, -0.2) is 36.1 Å². The largest absolute Gasteiger partial charge is 0.310 e. The molecule has 1 aliphatic heterocycles. The molecule has 0 amide bonds. The number of hydrogen-bond acceptors (Lipinski definition) is 2. The van der Waals surface area contributed by atoms with Crippen molar-refractivity contribution in [3.63, 3.8) is 0 Å². The van der Waals surface area contributed by atoms with E-state index in [0.29, 0.717) is 0 Å². The first-order chi connectivity index (χ1) is 7.72. The van der Waals surface area contributed by atoms with Crippen LogP contribution in [0.15, 0.2) is 0 Å². The van der Waals surface area contributed by atoms with Gasteiger partial charge in [0.05, 0.1) is 0 Å². The van der Waals surface area contributed by atoms with Crippen molar-refractivity contribution in [1.82, 2.24) is 10.2 Å². The van der Waals surface area contributed by atoms with Crippen LogP contribution in [0.1, 0.15) is 46.0 Å². The molecule has 1 saturated heterocycles. The Bertz CT molecular complexity index is 249. The third-order valence-electron chi connectivity index (χ3n) is 4.85. The molecule has 92 valence electrons. The van der Waals surface area contributed by atoms with E-state index in [2.05, 4.69) is 24.1 Å². The highest BCUT2D eigenvalue weighted by molar-refractivity contribution is 4.96. The molecule has 1 N–H and O–H groups in total. The van der Waals surface area contributed by atoms with Crippen LogP contribution >= 0.6 is 0 Å². The smallest absolute Gasteiger partial charge is 0.0235 e. The molecule has 1 heterocycles. The van der Waals surface area contributed by atoms with Gasteiger partial charge >= 0.3 is 0 Å². The maximum absolute atomic E-state index is 3.93. The summed E-state index contributed by atoms with van der Waals surface area (Å²) in [6, 6.07) is 2.55. The first-order valence-electron chi connectivity index (χ1n) is 7.22. The molecule has 2 heteroatoms. The zero-order chi connectivity index (χ0) is 11.1. The Morgan fingerprint density at radius 3 is 2.44 bits per heavy atom. The van der Waals surface area contributed by atoms with Gasteiger partial charge in [0.2, 0.25) is 0 Å². The highest BCUT2D eigenvalue weighted by Crippen LogP contribution is 2.33. The summed E-state index contributed by atoms with van der Waals surface area (Å²) in [7, 11) is 0. The second-order valence-electron chi connectivity index (χ2n) is 6.55. The molecule has 0 aromatic carbocycles. The molecule has 4 atom stereocenters. The van der Waals surface area contributed by atoms with Crippen molar-refractivity contribution in [3.05, 3.63) is 0 Å². The van der Waals surface area contributed by atoms with Crippen molar-refractivity contribution in [3.8, 4) is 0 Å². The molecular formula is C14H26N2. The molecule has 2 nitrogen and oxygen atoms in total. The van der Waals surface area contributed by atoms with Crippen molar-refractivity contribution in [2.24, 2.45) is 11.8 Å². The summed E-state index contributed by atoms with van der Waals surface area (Å²) < 4.78 is 0. The fraction of sp³-hybridized carbons (Fsp3) is 1.00. The highest BCUT2D eigenvalue weighted by atomic mass is 15.2. The van der Waals surface area contributed by atoms with E-state index < -0.39 is 0 Å². The molecule has 0 spiro atoms. The van der Waals surface area contributed by atoms with E-state index in [1.165, 1.54) is 45.2 Å². The third-order valence-corrected chi connectivity index (χ3v) is 4.85. The second-order valence-corrected chi connectivity index (χ2v) is 6.55. The van der Waals surface area contributed by atoms with Gasteiger partial charge in [0.25, 0.3) is 0 Å². The molecule has 3 fully saturated rings. The molecule has 2 aliphatic carbocycles. The lowest BCUT2D eigenvalue weighted by Crippen LogP contribution is -2.41. The molecule has 3 rings (SSSR count). The average Bonchev–Trinajstić information content (AvgIpc) is 2.93. The van der Waals surface area contributed by atoms with Crippen molar-refractivity contribution in [1.29, 1.82) is 0 Å². The number of hydrogen-bond donors (Lipinski definition) is 1. The summed E-state index contributed by atoms with van der Waals surface area (Å²) in [5.41, 5.74) is 0. The van der Waals surface area contributed by atoms with Crippen molar-refractivity contribution >= 4 is 0 Å². The Labute approximate surface area is 99.8 Å². The van der Waals surface area contributed by atoms with E-state index in [1.54, 1.807) is 0 Å². The van der Waals surface area contributed by atoms with Crippen molar-refractivity contribution < 1.29 is 0 Å². The number of rotatable bonds is 3. The van der Waals surface area contributed by atoms with Gasteiger partial charge in [-0.05, 0) is 43.9 Å². The Morgan fingerprint density at radius 2 is 1.81 bits per heavy atom. The number of nitrogens with one attached hydrogen (secondary N) is 1. The van der Waals surface area contributed by atoms with Gasteiger partial charge in [0.1, 0.15) is 0 Å². The predicted molar refractivity (Wildman–Crippen MR) is 67.5 cm³/mol. The first kappa shape index (κ1) is 11.0. The van der Waals surface area contributed by atoms with E-state index in [-0.39, 0.29) is 0 Å². The fourth-order valence-corrected chi connectivity index (χ4v) is 3.62. The minimum Gasteiger partial charge on any atom is -0.310 e. The molecular weight excluding hydrogens is 196 g/mol. The maximum atomic E-state index is 3.93. The van der Waals surface area contributed by atoms with Crippen LogP contribution in [0.4, 0.5) is 0 Å². The summed E-state index contributed by atoms with van der Waals surface area (Å²) in [6.07, 6.45) is 7.17. The zero-order valence-corrected chi connectivity index (χ0v) is 10.8. The van der Waals surface area contributed by atoms with Crippen molar-refractivity contribution in [2.45, 2.75) is 64.1 Å². The maximum Gasteiger partial charge on any atom is 0.0235 e. The Hall–Kier alpha value is -0.0800. The molecule has 2 saturated carbocycles. The molecule has 16 heavy (non-hydrogen) atoms. The highest BCUT2D eigenvalue weighted by Gasteiger charge is 2.39. The summed E-state index contributed by atoms with van der Waals surface area (Å²) in [6.45, 7) is 7.48. The molecule has 0 aromatic rings.